The summed E-state index contributed by atoms with van der Waals surface area (Å²) in [4.78, 5) is 2.58. The van der Waals surface area contributed by atoms with Crippen molar-refractivity contribution >= 4 is 17.0 Å². The van der Waals surface area contributed by atoms with E-state index in [-0.39, 0.29) is 0 Å². The van der Waals surface area contributed by atoms with Crippen LogP contribution in [-0.2, 0) is 0 Å². The van der Waals surface area contributed by atoms with Gasteiger partial charge in [-0.2, -0.15) is 11.3 Å². The van der Waals surface area contributed by atoms with Gasteiger partial charge in [0.1, 0.15) is 0 Å². The summed E-state index contributed by atoms with van der Waals surface area (Å²) in [5.74, 6) is 0.861. The first-order valence-electron chi connectivity index (χ1n) is 6.88. The molecule has 1 aliphatic heterocycles. The van der Waals surface area contributed by atoms with Crippen molar-refractivity contribution in [2.75, 3.05) is 18.0 Å². The van der Waals surface area contributed by atoms with E-state index in [9.17, 15) is 0 Å². The van der Waals surface area contributed by atoms with Crippen molar-refractivity contribution < 1.29 is 0 Å². The summed E-state index contributed by atoms with van der Waals surface area (Å²) < 4.78 is 0. The van der Waals surface area contributed by atoms with E-state index >= 15 is 0 Å². The van der Waals surface area contributed by atoms with Gasteiger partial charge >= 0.3 is 0 Å². The maximum atomic E-state index is 3.81. The standard InChI is InChI=1S/C14H22N2S/c1-2-11-7-13(15-12-3-4-12)9-16(8-11)14-5-6-17-10-14/h5-6,10-13,15H,2-4,7-9H2,1H3. The molecule has 2 aliphatic rings. The van der Waals surface area contributed by atoms with Crippen LogP contribution in [0.1, 0.15) is 32.6 Å². The molecule has 2 heterocycles. The molecule has 94 valence electrons. The summed E-state index contributed by atoms with van der Waals surface area (Å²) >= 11 is 1.81. The third-order valence-corrected chi connectivity index (χ3v) is 4.71. The molecule has 3 heteroatoms. The van der Waals surface area contributed by atoms with Gasteiger partial charge in [0, 0.05) is 36.2 Å². The fraction of sp³-hybridized carbons (Fsp3) is 0.714. The number of thiophene rings is 1. The van der Waals surface area contributed by atoms with Gasteiger partial charge in [-0.3, -0.25) is 0 Å². The van der Waals surface area contributed by atoms with E-state index in [0.717, 1.165) is 12.0 Å². The van der Waals surface area contributed by atoms with E-state index in [1.165, 1.54) is 44.5 Å². The first-order chi connectivity index (χ1) is 8.35. The average molecular weight is 250 g/mol. The zero-order chi connectivity index (χ0) is 11.7. The number of piperidine rings is 1. The normalized spacial score (nSPS) is 29.6. The summed E-state index contributed by atoms with van der Waals surface area (Å²) in [6.45, 7) is 4.77. The number of nitrogens with one attached hydrogen (secondary N) is 1. The van der Waals surface area contributed by atoms with Gasteiger partial charge in [0.2, 0.25) is 0 Å². The molecule has 1 saturated carbocycles. The number of hydrogen-bond acceptors (Lipinski definition) is 3. The summed E-state index contributed by atoms with van der Waals surface area (Å²) in [5, 5.41) is 8.28. The zero-order valence-corrected chi connectivity index (χ0v) is 11.4. The smallest absolute Gasteiger partial charge is 0.0475 e. The molecule has 1 aromatic heterocycles. The molecule has 0 amide bonds. The molecule has 2 nitrogen and oxygen atoms in total. The Morgan fingerprint density at radius 2 is 2.24 bits per heavy atom. The topological polar surface area (TPSA) is 15.3 Å². The maximum absolute atomic E-state index is 3.81. The Hall–Kier alpha value is -0.540. The molecule has 2 atom stereocenters. The second-order valence-electron chi connectivity index (χ2n) is 5.53. The first kappa shape index (κ1) is 11.5. The van der Waals surface area contributed by atoms with Gasteiger partial charge in [-0.15, -0.1) is 0 Å². The Morgan fingerprint density at radius 3 is 2.88 bits per heavy atom. The Balaban J connectivity index is 1.66. The van der Waals surface area contributed by atoms with Crippen LogP contribution in [-0.4, -0.2) is 25.2 Å². The van der Waals surface area contributed by atoms with Gasteiger partial charge in [0.15, 0.2) is 0 Å². The molecule has 1 aliphatic carbocycles. The number of hydrogen-bond donors (Lipinski definition) is 1. The van der Waals surface area contributed by atoms with Crippen LogP contribution < -0.4 is 10.2 Å². The third-order valence-electron chi connectivity index (χ3n) is 4.03. The Labute approximate surface area is 108 Å². The number of rotatable bonds is 4. The van der Waals surface area contributed by atoms with Crippen molar-refractivity contribution in [1.82, 2.24) is 5.32 Å². The molecule has 3 rings (SSSR count). The van der Waals surface area contributed by atoms with Crippen molar-refractivity contribution in [1.29, 1.82) is 0 Å². The molecule has 0 radical (unpaired) electrons. The maximum Gasteiger partial charge on any atom is 0.0475 e. The number of anilines is 1. The second kappa shape index (κ2) is 4.99. The number of nitrogens with zero attached hydrogens (tertiary/aromatic N) is 1. The highest BCUT2D eigenvalue weighted by atomic mass is 32.1. The SMILES string of the molecule is CCC1CC(NC2CC2)CN(c2ccsc2)C1. The van der Waals surface area contributed by atoms with Crippen LogP contribution in [0.25, 0.3) is 0 Å². The first-order valence-corrected chi connectivity index (χ1v) is 7.82. The Bertz CT molecular complexity index is 345. The molecular weight excluding hydrogens is 228 g/mol. The monoisotopic (exact) mass is 250 g/mol. The average Bonchev–Trinajstić information content (AvgIpc) is 2.99. The fourth-order valence-corrected chi connectivity index (χ4v) is 3.52. The Kier molecular flexibility index (Phi) is 3.39. The van der Waals surface area contributed by atoms with Crippen molar-refractivity contribution in [3.8, 4) is 0 Å². The van der Waals surface area contributed by atoms with Crippen LogP contribution in [0, 0.1) is 5.92 Å². The van der Waals surface area contributed by atoms with Gasteiger partial charge in [-0.25, -0.2) is 0 Å². The van der Waals surface area contributed by atoms with Crippen LogP contribution in [0.3, 0.4) is 0 Å². The molecule has 0 spiro atoms. The minimum absolute atomic E-state index is 0.709. The van der Waals surface area contributed by atoms with E-state index in [0.29, 0.717) is 6.04 Å². The molecule has 1 aromatic rings. The van der Waals surface area contributed by atoms with E-state index in [4.69, 9.17) is 0 Å². The molecule has 2 unspecified atom stereocenters. The van der Waals surface area contributed by atoms with Crippen LogP contribution in [0.2, 0.25) is 0 Å². The van der Waals surface area contributed by atoms with Crippen LogP contribution in [0.15, 0.2) is 16.8 Å². The highest BCUT2D eigenvalue weighted by molar-refractivity contribution is 7.08. The summed E-state index contributed by atoms with van der Waals surface area (Å²) in [7, 11) is 0. The van der Waals surface area contributed by atoms with Gasteiger partial charge in [-0.1, -0.05) is 13.3 Å². The van der Waals surface area contributed by atoms with Crippen LogP contribution >= 0.6 is 11.3 Å². The lowest BCUT2D eigenvalue weighted by Crippen LogP contribution is -2.49. The predicted octanol–water partition coefficient (Wildman–Crippen LogP) is 3.11. The lowest BCUT2D eigenvalue weighted by atomic mass is 9.92. The van der Waals surface area contributed by atoms with E-state index < -0.39 is 0 Å². The molecule has 17 heavy (non-hydrogen) atoms. The molecule has 1 N–H and O–H groups in total. The van der Waals surface area contributed by atoms with Crippen LogP contribution in [0.4, 0.5) is 5.69 Å². The molecule has 0 bridgehead atoms. The summed E-state index contributed by atoms with van der Waals surface area (Å²) in [6.07, 6.45) is 5.47. The zero-order valence-electron chi connectivity index (χ0n) is 10.6. The van der Waals surface area contributed by atoms with Gasteiger partial charge < -0.3 is 10.2 Å². The van der Waals surface area contributed by atoms with Crippen molar-refractivity contribution in [3.63, 3.8) is 0 Å². The summed E-state index contributed by atoms with van der Waals surface area (Å²) in [5.41, 5.74) is 1.43. The molecule has 2 fully saturated rings. The van der Waals surface area contributed by atoms with Crippen molar-refractivity contribution in [3.05, 3.63) is 16.8 Å². The fourth-order valence-electron chi connectivity index (χ4n) is 2.85. The van der Waals surface area contributed by atoms with E-state index in [1.807, 2.05) is 11.3 Å². The van der Waals surface area contributed by atoms with Crippen molar-refractivity contribution in [2.24, 2.45) is 5.92 Å². The largest absolute Gasteiger partial charge is 0.369 e. The molecule has 0 aromatic carbocycles. The van der Waals surface area contributed by atoms with Gasteiger partial charge in [0.05, 0.1) is 0 Å². The van der Waals surface area contributed by atoms with E-state index in [1.54, 1.807) is 0 Å². The molecule has 1 saturated heterocycles. The predicted molar refractivity (Wildman–Crippen MR) is 74.9 cm³/mol. The third kappa shape index (κ3) is 2.83. The molecular formula is C14H22N2S. The van der Waals surface area contributed by atoms with Crippen LogP contribution in [0.5, 0.6) is 0 Å². The quantitative estimate of drug-likeness (QED) is 0.883. The van der Waals surface area contributed by atoms with Gasteiger partial charge in [0.25, 0.3) is 0 Å². The minimum Gasteiger partial charge on any atom is -0.369 e. The lowest BCUT2D eigenvalue weighted by molar-refractivity contribution is 0.325. The highest BCUT2D eigenvalue weighted by Gasteiger charge is 2.31. The van der Waals surface area contributed by atoms with Gasteiger partial charge in [-0.05, 0) is 36.6 Å². The van der Waals surface area contributed by atoms with E-state index in [2.05, 4.69) is 34.0 Å². The minimum atomic E-state index is 0.709. The van der Waals surface area contributed by atoms with Crippen molar-refractivity contribution in [2.45, 2.75) is 44.7 Å². The Morgan fingerprint density at radius 1 is 1.35 bits per heavy atom. The highest BCUT2D eigenvalue weighted by Crippen LogP contribution is 2.28. The second-order valence-corrected chi connectivity index (χ2v) is 6.31. The lowest BCUT2D eigenvalue weighted by Gasteiger charge is -2.39. The summed E-state index contributed by atoms with van der Waals surface area (Å²) in [6, 6.07) is 3.80.